The van der Waals surface area contributed by atoms with Crippen molar-refractivity contribution >= 4 is 23.0 Å². The zero-order chi connectivity index (χ0) is 19.7. The van der Waals surface area contributed by atoms with Crippen molar-refractivity contribution in [1.82, 2.24) is 14.8 Å². The summed E-state index contributed by atoms with van der Waals surface area (Å²) in [7, 11) is 0. The molecule has 4 rings (SSSR count). The van der Waals surface area contributed by atoms with Gasteiger partial charge in [-0.1, -0.05) is 78.9 Å². The van der Waals surface area contributed by atoms with Crippen LogP contribution in [0.4, 0.5) is 5.69 Å². The van der Waals surface area contributed by atoms with Gasteiger partial charge in [0.15, 0.2) is 5.69 Å². The lowest BCUT2D eigenvalue weighted by Gasteiger charge is -2.05. The SMILES string of the molecule is CCc1sc(-n2nc(-c3ccccc3)c(N)c2-c2ccccc2)nc1C(=O)O. The highest BCUT2D eigenvalue weighted by molar-refractivity contribution is 7.14. The molecule has 2 aromatic carbocycles. The Balaban J connectivity index is 1.98. The molecule has 0 radical (unpaired) electrons. The summed E-state index contributed by atoms with van der Waals surface area (Å²) in [5, 5.41) is 14.7. The van der Waals surface area contributed by atoms with Gasteiger partial charge in [-0.15, -0.1) is 0 Å². The molecular formula is C21H18N4O2S. The van der Waals surface area contributed by atoms with Crippen LogP contribution in [0.5, 0.6) is 0 Å². The molecular weight excluding hydrogens is 372 g/mol. The Bertz CT molecular complexity index is 1130. The third-order valence-electron chi connectivity index (χ3n) is 4.41. The number of carboxylic acids is 1. The lowest BCUT2D eigenvalue weighted by Crippen LogP contribution is -2.03. The number of benzene rings is 2. The number of thiazole rings is 1. The number of aryl methyl sites for hydroxylation is 1. The van der Waals surface area contributed by atoms with Crippen molar-refractivity contribution in [2.24, 2.45) is 0 Å². The molecule has 0 aliphatic rings. The fourth-order valence-electron chi connectivity index (χ4n) is 3.09. The van der Waals surface area contributed by atoms with Crippen LogP contribution in [0.25, 0.3) is 27.6 Å². The van der Waals surface area contributed by atoms with Gasteiger partial charge in [0.1, 0.15) is 11.4 Å². The molecule has 0 bridgehead atoms. The van der Waals surface area contributed by atoms with E-state index in [0.717, 1.165) is 11.1 Å². The number of carboxylic acid groups (broad SMARTS) is 1. The van der Waals surface area contributed by atoms with Crippen molar-refractivity contribution in [3.8, 4) is 27.6 Å². The number of hydrogen-bond acceptors (Lipinski definition) is 5. The Labute approximate surface area is 165 Å². The monoisotopic (exact) mass is 390 g/mol. The molecule has 0 atom stereocenters. The Morgan fingerprint density at radius 2 is 1.68 bits per heavy atom. The van der Waals surface area contributed by atoms with Gasteiger partial charge >= 0.3 is 5.97 Å². The van der Waals surface area contributed by atoms with Crippen LogP contribution in [0.3, 0.4) is 0 Å². The fourth-order valence-corrected chi connectivity index (χ4v) is 4.04. The summed E-state index contributed by atoms with van der Waals surface area (Å²) in [6.07, 6.45) is 0.586. The normalized spacial score (nSPS) is 10.9. The van der Waals surface area contributed by atoms with E-state index in [1.165, 1.54) is 11.3 Å². The first-order valence-corrected chi connectivity index (χ1v) is 9.64. The van der Waals surface area contributed by atoms with Crippen molar-refractivity contribution in [2.45, 2.75) is 13.3 Å². The van der Waals surface area contributed by atoms with Crippen molar-refractivity contribution in [3.05, 3.63) is 71.2 Å². The number of nitrogens with zero attached hydrogens (tertiary/aromatic N) is 3. The lowest BCUT2D eigenvalue weighted by atomic mass is 10.1. The molecule has 0 aliphatic heterocycles. The second-order valence-electron chi connectivity index (χ2n) is 6.18. The van der Waals surface area contributed by atoms with Crippen molar-refractivity contribution in [1.29, 1.82) is 0 Å². The molecule has 0 saturated heterocycles. The molecule has 0 aliphatic carbocycles. The Morgan fingerprint density at radius 1 is 1.07 bits per heavy atom. The fraction of sp³-hybridized carbons (Fsp3) is 0.0952. The number of carbonyl (C=O) groups is 1. The average Bonchev–Trinajstić information content (AvgIpc) is 3.30. The molecule has 0 fully saturated rings. The number of hydrogen-bond donors (Lipinski definition) is 2. The van der Waals surface area contributed by atoms with Crippen LogP contribution < -0.4 is 5.73 Å². The lowest BCUT2D eigenvalue weighted by molar-refractivity contribution is 0.0690. The van der Waals surface area contributed by atoms with Crippen LogP contribution in [-0.2, 0) is 6.42 Å². The van der Waals surface area contributed by atoms with Crippen molar-refractivity contribution in [3.63, 3.8) is 0 Å². The second-order valence-corrected chi connectivity index (χ2v) is 7.24. The highest BCUT2D eigenvalue weighted by Gasteiger charge is 2.24. The van der Waals surface area contributed by atoms with Gasteiger partial charge in [0.05, 0.1) is 5.69 Å². The molecule has 3 N–H and O–H groups in total. The van der Waals surface area contributed by atoms with Gasteiger partial charge in [-0.25, -0.2) is 14.5 Å². The van der Waals surface area contributed by atoms with Crippen LogP contribution in [0, 0.1) is 0 Å². The molecule has 0 unspecified atom stereocenters. The standard InChI is InChI=1S/C21H18N4O2S/c1-2-15-18(20(26)27)23-21(28-15)25-19(14-11-7-4-8-12-14)16(22)17(24-25)13-9-5-3-6-10-13/h3-12H,2,22H2,1H3,(H,26,27). The Kier molecular flexibility index (Phi) is 4.67. The van der Waals surface area contributed by atoms with Gasteiger partial charge < -0.3 is 10.8 Å². The average molecular weight is 390 g/mol. The number of nitrogens with two attached hydrogens (primary N) is 1. The predicted molar refractivity (Wildman–Crippen MR) is 111 cm³/mol. The van der Waals surface area contributed by atoms with E-state index in [9.17, 15) is 9.90 Å². The van der Waals surface area contributed by atoms with E-state index in [1.54, 1.807) is 4.68 Å². The molecule has 0 amide bonds. The van der Waals surface area contributed by atoms with Crippen LogP contribution >= 0.6 is 11.3 Å². The number of rotatable bonds is 5. The van der Waals surface area contributed by atoms with Crippen LogP contribution in [0.1, 0.15) is 22.3 Å². The number of aromatic nitrogens is 3. The minimum Gasteiger partial charge on any atom is -0.476 e. The third-order valence-corrected chi connectivity index (χ3v) is 5.58. The van der Waals surface area contributed by atoms with E-state index in [1.807, 2.05) is 67.6 Å². The summed E-state index contributed by atoms with van der Waals surface area (Å²) in [6, 6.07) is 19.4. The maximum Gasteiger partial charge on any atom is 0.355 e. The summed E-state index contributed by atoms with van der Waals surface area (Å²) in [4.78, 5) is 16.6. The summed E-state index contributed by atoms with van der Waals surface area (Å²) in [5.41, 5.74) is 10.2. The first kappa shape index (κ1) is 17.9. The first-order chi connectivity index (χ1) is 13.6. The third kappa shape index (κ3) is 3.05. The highest BCUT2D eigenvalue weighted by Crippen LogP contribution is 2.37. The van der Waals surface area contributed by atoms with Gasteiger partial charge in [-0.3, -0.25) is 0 Å². The summed E-state index contributed by atoms with van der Waals surface area (Å²) < 4.78 is 1.66. The Hall–Kier alpha value is -3.45. The molecule has 6 nitrogen and oxygen atoms in total. The maximum atomic E-state index is 11.6. The summed E-state index contributed by atoms with van der Waals surface area (Å²) in [6.45, 7) is 1.91. The second kappa shape index (κ2) is 7.28. The van der Waals surface area contributed by atoms with Crippen LogP contribution in [0.15, 0.2) is 60.7 Å². The van der Waals surface area contributed by atoms with Gasteiger partial charge in [0.2, 0.25) is 5.13 Å². The maximum absolute atomic E-state index is 11.6. The smallest absolute Gasteiger partial charge is 0.355 e. The molecule has 140 valence electrons. The largest absolute Gasteiger partial charge is 0.476 e. The quantitative estimate of drug-likeness (QED) is 0.523. The van der Waals surface area contributed by atoms with Crippen LogP contribution in [0.2, 0.25) is 0 Å². The van der Waals surface area contributed by atoms with E-state index in [4.69, 9.17) is 10.8 Å². The van der Waals surface area contributed by atoms with Crippen molar-refractivity contribution < 1.29 is 9.90 Å². The molecule has 0 saturated carbocycles. The topological polar surface area (TPSA) is 94.0 Å². The van der Waals surface area contributed by atoms with Gasteiger partial charge in [0.25, 0.3) is 0 Å². The van der Waals surface area contributed by atoms with E-state index in [2.05, 4.69) is 4.98 Å². The van der Waals surface area contributed by atoms with Crippen LogP contribution in [-0.4, -0.2) is 25.8 Å². The van der Waals surface area contributed by atoms with E-state index < -0.39 is 5.97 Å². The highest BCUT2D eigenvalue weighted by atomic mass is 32.1. The molecule has 4 aromatic rings. The zero-order valence-electron chi connectivity index (χ0n) is 15.2. The number of anilines is 1. The van der Waals surface area contributed by atoms with E-state index in [0.29, 0.717) is 33.5 Å². The number of aromatic carboxylic acids is 1. The van der Waals surface area contributed by atoms with Crippen molar-refractivity contribution in [2.75, 3.05) is 5.73 Å². The molecule has 7 heteroatoms. The summed E-state index contributed by atoms with van der Waals surface area (Å²) >= 11 is 1.32. The minimum absolute atomic E-state index is 0.0665. The Morgan fingerprint density at radius 3 is 2.21 bits per heavy atom. The number of nitrogen functional groups attached to an aromatic ring is 1. The summed E-state index contributed by atoms with van der Waals surface area (Å²) in [5.74, 6) is -1.04. The zero-order valence-corrected chi connectivity index (χ0v) is 16.0. The van der Waals surface area contributed by atoms with Gasteiger partial charge in [0, 0.05) is 16.0 Å². The van der Waals surface area contributed by atoms with Gasteiger partial charge in [-0.2, -0.15) is 5.10 Å². The molecule has 28 heavy (non-hydrogen) atoms. The molecule has 2 heterocycles. The predicted octanol–water partition coefficient (Wildman–Crippen LogP) is 4.51. The van der Waals surface area contributed by atoms with E-state index >= 15 is 0 Å². The minimum atomic E-state index is -1.04. The van der Waals surface area contributed by atoms with E-state index in [-0.39, 0.29) is 5.69 Å². The first-order valence-electron chi connectivity index (χ1n) is 8.82. The van der Waals surface area contributed by atoms with Gasteiger partial charge in [-0.05, 0) is 6.42 Å². The molecule has 2 aromatic heterocycles. The molecule has 0 spiro atoms.